The van der Waals surface area contributed by atoms with Gasteiger partial charge in [-0.1, -0.05) is 11.6 Å². The van der Waals surface area contributed by atoms with Gasteiger partial charge in [-0.2, -0.15) is 4.72 Å². The number of ether oxygens (including phenoxy) is 1. The Morgan fingerprint density at radius 3 is 2.66 bits per heavy atom. The molecule has 3 heterocycles. The zero-order valence-electron chi connectivity index (χ0n) is 16.3. The predicted octanol–water partition coefficient (Wildman–Crippen LogP) is 1.53. The fraction of sp³-hybridized carbons (Fsp3) is 0.556. The van der Waals surface area contributed by atoms with E-state index < -0.39 is 22.1 Å². The average Bonchev–Trinajstić information content (AvgIpc) is 3.27. The Morgan fingerprint density at radius 2 is 2.03 bits per heavy atom. The summed E-state index contributed by atoms with van der Waals surface area (Å²) in [6.07, 6.45) is 0.316. The summed E-state index contributed by atoms with van der Waals surface area (Å²) in [5, 5.41) is 1.10. The maximum atomic E-state index is 12.7. The van der Waals surface area contributed by atoms with Crippen LogP contribution in [0, 0.1) is 0 Å². The smallest absolute Gasteiger partial charge is 0.245 e. The van der Waals surface area contributed by atoms with E-state index in [1.165, 1.54) is 16.2 Å². The van der Waals surface area contributed by atoms with E-state index >= 15 is 0 Å². The van der Waals surface area contributed by atoms with Crippen molar-refractivity contribution in [3.63, 3.8) is 0 Å². The van der Waals surface area contributed by atoms with Crippen molar-refractivity contribution in [2.75, 3.05) is 32.8 Å². The number of hydrogen-bond acceptors (Lipinski definition) is 6. The molecule has 160 valence electrons. The molecule has 2 saturated heterocycles. The van der Waals surface area contributed by atoms with Gasteiger partial charge in [-0.3, -0.25) is 9.59 Å². The molecular formula is C18H24ClN3O5S2. The Balaban J connectivity index is 1.63. The fourth-order valence-electron chi connectivity index (χ4n) is 3.43. The van der Waals surface area contributed by atoms with E-state index in [4.69, 9.17) is 16.3 Å². The van der Waals surface area contributed by atoms with Gasteiger partial charge in [-0.25, -0.2) is 8.42 Å². The van der Waals surface area contributed by atoms with Gasteiger partial charge in [-0.05, 0) is 38.0 Å². The van der Waals surface area contributed by atoms with Crippen molar-refractivity contribution in [2.45, 2.75) is 32.4 Å². The van der Waals surface area contributed by atoms with E-state index in [1.54, 1.807) is 30.9 Å². The number of nitrogens with zero attached hydrogens (tertiary/aromatic N) is 2. The monoisotopic (exact) mass is 461 g/mol. The Bertz CT molecular complexity index is 908. The van der Waals surface area contributed by atoms with Gasteiger partial charge in [0, 0.05) is 24.5 Å². The first kappa shape index (κ1) is 22.2. The molecule has 3 rings (SSSR count). The highest BCUT2D eigenvalue weighted by Crippen LogP contribution is 2.28. The summed E-state index contributed by atoms with van der Waals surface area (Å²) in [5.74, 6) is -0.525. The van der Waals surface area contributed by atoms with Crippen LogP contribution < -0.4 is 4.72 Å². The summed E-state index contributed by atoms with van der Waals surface area (Å²) < 4.78 is 33.3. The van der Waals surface area contributed by atoms with Crippen LogP contribution in [0.2, 0.25) is 4.34 Å². The molecule has 2 unspecified atom stereocenters. The molecule has 0 aliphatic carbocycles. The van der Waals surface area contributed by atoms with Crippen LogP contribution in [0.3, 0.4) is 0 Å². The second-order valence-corrected chi connectivity index (χ2v) is 10.3. The van der Waals surface area contributed by atoms with Crippen molar-refractivity contribution >= 4 is 50.3 Å². The molecule has 2 aliphatic heterocycles. The number of sulfonamides is 1. The fourth-order valence-corrected chi connectivity index (χ4v) is 5.79. The number of carbonyl (C=O) groups is 2. The van der Waals surface area contributed by atoms with Gasteiger partial charge in [0.1, 0.15) is 12.1 Å². The molecule has 11 heteroatoms. The zero-order chi connectivity index (χ0) is 21.2. The quantitative estimate of drug-likeness (QED) is 0.693. The van der Waals surface area contributed by atoms with Crippen molar-refractivity contribution in [2.24, 2.45) is 0 Å². The van der Waals surface area contributed by atoms with Crippen LogP contribution in [0.5, 0.6) is 0 Å². The molecular weight excluding hydrogens is 438 g/mol. The minimum atomic E-state index is -3.83. The van der Waals surface area contributed by atoms with Gasteiger partial charge in [0.25, 0.3) is 0 Å². The first-order valence-electron chi connectivity index (χ1n) is 9.31. The second kappa shape index (κ2) is 9.13. The number of likely N-dealkylation sites (tertiary alicyclic amines) is 1. The minimum absolute atomic E-state index is 0.143. The van der Waals surface area contributed by atoms with E-state index in [2.05, 4.69) is 4.72 Å². The van der Waals surface area contributed by atoms with Gasteiger partial charge >= 0.3 is 0 Å². The van der Waals surface area contributed by atoms with Gasteiger partial charge in [-0.15, -0.1) is 11.3 Å². The standard InChI is InChI=1S/C18H24ClN3O5S2/c1-12(15-3-4-16(19)28-15)11-29(25,26)20-14-5-6-22(18(14)24)13(2)17(23)21-7-9-27-10-8-21/h3-4,11,13-14,20H,5-10H2,1-2H3/b12-11-. The zero-order valence-corrected chi connectivity index (χ0v) is 18.6. The third kappa shape index (κ3) is 5.37. The number of allylic oxidation sites excluding steroid dienone is 1. The largest absolute Gasteiger partial charge is 0.378 e. The Hall–Kier alpha value is -1.46. The molecule has 0 radical (unpaired) electrons. The predicted molar refractivity (Wildman–Crippen MR) is 112 cm³/mol. The van der Waals surface area contributed by atoms with E-state index in [-0.39, 0.29) is 11.8 Å². The first-order valence-corrected chi connectivity index (χ1v) is 12.1. The van der Waals surface area contributed by atoms with Gasteiger partial charge < -0.3 is 14.5 Å². The maximum absolute atomic E-state index is 12.7. The van der Waals surface area contributed by atoms with E-state index in [0.29, 0.717) is 49.2 Å². The molecule has 8 nitrogen and oxygen atoms in total. The first-order chi connectivity index (χ1) is 13.7. The van der Waals surface area contributed by atoms with E-state index in [9.17, 15) is 18.0 Å². The van der Waals surface area contributed by atoms with Crippen LogP contribution in [0.25, 0.3) is 5.57 Å². The summed E-state index contributed by atoms with van der Waals surface area (Å²) in [7, 11) is -3.83. The van der Waals surface area contributed by atoms with E-state index in [1.807, 2.05) is 0 Å². The lowest BCUT2D eigenvalue weighted by Crippen LogP contribution is -2.52. The molecule has 2 aliphatic rings. The molecule has 1 aromatic heterocycles. The third-order valence-electron chi connectivity index (χ3n) is 4.99. The molecule has 2 amide bonds. The molecule has 0 spiro atoms. The van der Waals surface area contributed by atoms with Gasteiger partial charge in [0.2, 0.25) is 21.8 Å². The number of nitrogens with one attached hydrogen (secondary N) is 1. The van der Waals surface area contributed by atoms with Crippen molar-refractivity contribution in [1.82, 2.24) is 14.5 Å². The summed E-state index contributed by atoms with van der Waals surface area (Å²) in [5.41, 5.74) is 0.535. The highest BCUT2D eigenvalue weighted by Gasteiger charge is 2.39. The van der Waals surface area contributed by atoms with Crippen LogP contribution in [0.4, 0.5) is 0 Å². The van der Waals surface area contributed by atoms with Crippen molar-refractivity contribution in [3.05, 3.63) is 26.8 Å². The lowest BCUT2D eigenvalue weighted by molar-refractivity contribution is -0.146. The van der Waals surface area contributed by atoms with E-state index in [0.717, 1.165) is 10.3 Å². The molecule has 1 aromatic rings. The Morgan fingerprint density at radius 1 is 1.34 bits per heavy atom. The summed E-state index contributed by atoms with van der Waals surface area (Å²) >= 11 is 7.18. The maximum Gasteiger partial charge on any atom is 0.245 e. The molecule has 0 aromatic carbocycles. The molecule has 0 bridgehead atoms. The Kier molecular flexibility index (Phi) is 7.00. The van der Waals surface area contributed by atoms with Crippen molar-refractivity contribution in [3.8, 4) is 0 Å². The number of halogens is 1. The van der Waals surface area contributed by atoms with Gasteiger partial charge in [0.05, 0.1) is 23.0 Å². The number of morpholine rings is 1. The number of hydrogen-bond donors (Lipinski definition) is 1. The minimum Gasteiger partial charge on any atom is -0.378 e. The van der Waals surface area contributed by atoms with Crippen LogP contribution in [0.1, 0.15) is 25.1 Å². The lowest BCUT2D eigenvalue weighted by atomic mass is 10.2. The lowest BCUT2D eigenvalue weighted by Gasteiger charge is -2.32. The molecule has 0 saturated carbocycles. The highest BCUT2D eigenvalue weighted by molar-refractivity contribution is 7.92. The number of carbonyl (C=O) groups excluding carboxylic acids is 2. The van der Waals surface area contributed by atoms with Crippen LogP contribution >= 0.6 is 22.9 Å². The SMILES string of the molecule is C/C(=C/S(=O)(=O)NC1CCN(C(C)C(=O)N2CCOCC2)C1=O)c1ccc(Cl)s1. The Labute approximate surface area is 179 Å². The number of amides is 2. The highest BCUT2D eigenvalue weighted by atomic mass is 35.5. The van der Waals surface area contributed by atoms with Gasteiger partial charge in [0.15, 0.2) is 0 Å². The van der Waals surface area contributed by atoms with Crippen LogP contribution in [-0.4, -0.2) is 75.0 Å². The summed E-state index contributed by atoms with van der Waals surface area (Å²) in [4.78, 5) is 29.2. The molecule has 29 heavy (non-hydrogen) atoms. The molecule has 2 fully saturated rings. The third-order valence-corrected chi connectivity index (χ3v) is 7.63. The number of rotatable bonds is 6. The van der Waals surface area contributed by atoms with Crippen molar-refractivity contribution < 1.29 is 22.7 Å². The second-order valence-electron chi connectivity index (χ2n) is 7.05. The molecule has 2 atom stereocenters. The topological polar surface area (TPSA) is 96.0 Å². The van der Waals surface area contributed by atoms with Crippen molar-refractivity contribution in [1.29, 1.82) is 0 Å². The van der Waals surface area contributed by atoms with Crippen LogP contribution in [-0.2, 0) is 24.3 Å². The van der Waals surface area contributed by atoms with Crippen LogP contribution in [0.15, 0.2) is 17.5 Å². The number of thiophene rings is 1. The molecule has 1 N–H and O–H groups in total. The average molecular weight is 462 g/mol. The normalized spacial score (nSPS) is 22.2. The summed E-state index contributed by atoms with van der Waals surface area (Å²) in [6, 6.07) is 1.93. The summed E-state index contributed by atoms with van der Waals surface area (Å²) in [6.45, 7) is 5.64.